The molecule has 0 unspecified atom stereocenters. The van der Waals surface area contributed by atoms with Gasteiger partial charge in [0, 0.05) is 25.5 Å². The lowest BCUT2D eigenvalue weighted by Crippen LogP contribution is -2.18. The quantitative estimate of drug-likeness (QED) is 0.903. The Balaban J connectivity index is 2.15. The van der Waals surface area contributed by atoms with E-state index in [2.05, 4.69) is 40.5 Å². The predicted molar refractivity (Wildman–Crippen MR) is 73.3 cm³/mol. The zero-order chi connectivity index (χ0) is 12.3. The third-order valence-corrected chi connectivity index (χ3v) is 3.75. The molecule has 0 aliphatic rings. The Morgan fingerprint density at radius 2 is 2.00 bits per heavy atom. The maximum absolute atomic E-state index is 5.74. The lowest BCUT2D eigenvalue weighted by molar-refractivity contribution is 0.886. The van der Waals surface area contributed by atoms with Gasteiger partial charge in [0.2, 0.25) is 0 Å². The van der Waals surface area contributed by atoms with E-state index in [4.69, 9.17) is 5.73 Å². The van der Waals surface area contributed by atoms with Crippen molar-refractivity contribution in [2.45, 2.75) is 20.0 Å². The lowest BCUT2D eigenvalue weighted by Gasteiger charge is -2.17. The number of nitrogens with two attached hydrogens (primary N) is 1. The van der Waals surface area contributed by atoms with E-state index in [9.17, 15) is 0 Å². The molecule has 2 N–H and O–H groups in total. The van der Waals surface area contributed by atoms with Crippen LogP contribution in [0.25, 0.3) is 0 Å². The van der Waals surface area contributed by atoms with Gasteiger partial charge in [-0.15, -0.1) is 11.3 Å². The average molecular weight is 247 g/mol. The lowest BCUT2D eigenvalue weighted by atomic mass is 10.1. The molecule has 1 aromatic carbocycles. The molecule has 3 nitrogen and oxygen atoms in total. The first-order chi connectivity index (χ1) is 8.20. The Kier molecular flexibility index (Phi) is 3.76. The minimum Gasteiger partial charge on any atom is -0.347 e. The summed E-state index contributed by atoms with van der Waals surface area (Å²) in [6.45, 7) is 3.45. The highest BCUT2D eigenvalue weighted by Gasteiger charge is 2.08. The van der Waals surface area contributed by atoms with Crippen LogP contribution in [0.5, 0.6) is 0 Å². The summed E-state index contributed by atoms with van der Waals surface area (Å²) in [5.74, 6) is 0. The zero-order valence-corrected chi connectivity index (χ0v) is 11.0. The van der Waals surface area contributed by atoms with Crippen LogP contribution in [0.3, 0.4) is 0 Å². The van der Waals surface area contributed by atoms with Crippen LogP contribution >= 0.6 is 11.3 Å². The molecule has 4 heteroatoms. The van der Waals surface area contributed by atoms with Crippen molar-refractivity contribution in [3.05, 3.63) is 46.5 Å². The highest BCUT2D eigenvalue weighted by atomic mass is 32.1. The Labute approximate surface area is 106 Å². The SMILES string of the molecule is Cc1csc(N(C)Cc2ccccc2CN)n1. The molecule has 1 aromatic heterocycles. The smallest absolute Gasteiger partial charge is 0.185 e. The highest BCUT2D eigenvalue weighted by Crippen LogP contribution is 2.21. The van der Waals surface area contributed by atoms with Crippen LogP contribution in [-0.4, -0.2) is 12.0 Å². The van der Waals surface area contributed by atoms with E-state index in [1.54, 1.807) is 11.3 Å². The minimum absolute atomic E-state index is 0.584. The molecule has 0 aliphatic heterocycles. The van der Waals surface area contributed by atoms with Gasteiger partial charge in [-0.05, 0) is 18.1 Å². The Bertz CT molecular complexity index is 493. The number of thiazole rings is 1. The van der Waals surface area contributed by atoms with Crippen molar-refractivity contribution in [1.29, 1.82) is 0 Å². The first-order valence-corrected chi connectivity index (χ1v) is 6.49. The van der Waals surface area contributed by atoms with Crippen molar-refractivity contribution < 1.29 is 0 Å². The average Bonchev–Trinajstić information content (AvgIpc) is 2.77. The molecule has 0 aliphatic carbocycles. The van der Waals surface area contributed by atoms with Gasteiger partial charge < -0.3 is 10.6 Å². The van der Waals surface area contributed by atoms with Crippen molar-refractivity contribution in [3.63, 3.8) is 0 Å². The summed E-state index contributed by atoms with van der Waals surface area (Å²) < 4.78 is 0. The van der Waals surface area contributed by atoms with Gasteiger partial charge in [-0.3, -0.25) is 0 Å². The number of hydrogen-bond donors (Lipinski definition) is 1. The fourth-order valence-electron chi connectivity index (χ4n) is 1.75. The standard InChI is InChI=1S/C13H17N3S/c1-10-9-17-13(15-10)16(2)8-12-6-4-3-5-11(12)7-14/h3-6,9H,7-8,14H2,1-2H3. The molecule has 0 fully saturated rings. The van der Waals surface area contributed by atoms with Crippen LogP contribution in [0.2, 0.25) is 0 Å². The Hall–Kier alpha value is -1.39. The van der Waals surface area contributed by atoms with E-state index >= 15 is 0 Å². The molecular formula is C13H17N3S. The second-order valence-electron chi connectivity index (χ2n) is 4.10. The molecule has 0 atom stereocenters. The summed E-state index contributed by atoms with van der Waals surface area (Å²) >= 11 is 1.67. The molecule has 2 rings (SSSR count). The third-order valence-electron chi connectivity index (χ3n) is 2.68. The van der Waals surface area contributed by atoms with Crippen LogP contribution in [0.4, 0.5) is 5.13 Å². The number of rotatable bonds is 4. The van der Waals surface area contributed by atoms with E-state index in [1.165, 1.54) is 11.1 Å². The number of aromatic nitrogens is 1. The van der Waals surface area contributed by atoms with Gasteiger partial charge in [-0.25, -0.2) is 4.98 Å². The second-order valence-corrected chi connectivity index (χ2v) is 4.94. The molecule has 0 spiro atoms. The number of anilines is 1. The maximum Gasteiger partial charge on any atom is 0.185 e. The van der Waals surface area contributed by atoms with Gasteiger partial charge in [-0.2, -0.15) is 0 Å². The normalized spacial score (nSPS) is 10.5. The van der Waals surface area contributed by atoms with Gasteiger partial charge in [0.25, 0.3) is 0 Å². The van der Waals surface area contributed by atoms with Gasteiger partial charge in [0.05, 0.1) is 5.69 Å². The van der Waals surface area contributed by atoms with Crippen LogP contribution in [0.15, 0.2) is 29.6 Å². The molecule has 90 valence electrons. The summed E-state index contributed by atoms with van der Waals surface area (Å²) in [6.07, 6.45) is 0. The summed E-state index contributed by atoms with van der Waals surface area (Å²) in [4.78, 5) is 6.63. The molecule has 0 bridgehead atoms. The van der Waals surface area contributed by atoms with Crippen molar-refractivity contribution in [3.8, 4) is 0 Å². The predicted octanol–water partition coefficient (Wildman–Crippen LogP) is 2.55. The van der Waals surface area contributed by atoms with Crippen molar-refractivity contribution in [1.82, 2.24) is 4.98 Å². The van der Waals surface area contributed by atoms with Gasteiger partial charge in [0.15, 0.2) is 5.13 Å². The molecule has 17 heavy (non-hydrogen) atoms. The molecule has 1 heterocycles. The summed E-state index contributed by atoms with van der Waals surface area (Å²) in [6, 6.07) is 8.28. The number of benzene rings is 1. The monoisotopic (exact) mass is 247 g/mol. The largest absolute Gasteiger partial charge is 0.347 e. The molecular weight excluding hydrogens is 230 g/mol. The molecule has 0 saturated heterocycles. The van der Waals surface area contributed by atoms with Gasteiger partial charge in [0.1, 0.15) is 0 Å². The highest BCUT2D eigenvalue weighted by molar-refractivity contribution is 7.13. The maximum atomic E-state index is 5.74. The minimum atomic E-state index is 0.584. The van der Waals surface area contributed by atoms with E-state index in [0.717, 1.165) is 17.4 Å². The van der Waals surface area contributed by atoms with E-state index in [1.807, 2.05) is 13.0 Å². The Morgan fingerprint density at radius 1 is 1.29 bits per heavy atom. The van der Waals surface area contributed by atoms with Crippen molar-refractivity contribution in [2.75, 3.05) is 11.9 Å². The number of nitrogens with zero attached hydrogens (tertiary/aromatic N) is 2. The molecule has 2 aromatic rings. The number of hydrogen-bond acceptors (Lipinski definition) is 4. The second kappa shape index (κ2) is 5.29. The van der Waals surface area contributed by atoms with Crippen LogP contribution in [-0.2, 0) is 13.1 Å². The number of aryl methyl sites for hydroxylation is 1. The van der Waals surface area contributed by atoms with E-state index in [0.29, 0.717) is 6.54 Å². The molecule has 0 amide bonds. The fourth-order valence-corrected chi connectivity index (χ4v) is 2.52. The zero-order valence-electron chi connectivity index (χ0n) is 10.2. The summed E-state index contributed by atoms with van der Waals surface area (Å²) in [7, 11) is 2.06. The van der Waals surface area contributed by atoms with Gasteiger partial charge in [-0.1, -0.05) is 24.3 Å². The fraction of sp³-hybridized carbons (Fsp3) is 0.308. The molecule has 0 saturated carbocycles. The summed E-state index contributed by atoms with van der Waals surface area (Å²) in [5, 5.41) is 3.12. The van der Waals surface area contributed by atoms with E-state index in [-0.39, 0.29) is 0 Å². The van der Waals surface area contributed by atoms with Gasteiger partial charge >= 0.3 is 0 Å². The Morgan fingerprint density at radius 3 is 2.59 bits per heavy atom. The first-order valence-electron chi connectivity index (χ1n) is 5.61. The third kappa shape index (κ3) is 2.84. The van der Waals surface area contributed by atoms with Crippen LogP contribution < -0.4 is 10.6 Å². The van der Waals surface area contributed by atoms with Crippen molar-refractivity contribution in [2.24, 2.45) is 5.73 Å². The van der Waals surface area contributed by atoms with Crippen molar-refractivity contribution >= 4 is 16.5 Å². The van der Waals surface area contributed by atoms with Crippen LogP contribution in [0, 0.1) is 6.92 Å². The topological polar surface area (TPSA) is 42.1 Å². The first kappa shape index (κ1) is 12.1. The van der Waals surface area contributed by atoms with Crippen LogP contribution in [0.1, 0.15) is 16.8 Å². The van der Waals surface area contributed by atoms with E-state index < -0.39 is 0 Å². The summed E-state index contributed by atoms with van der Waals surface area (Å²) in [5.41, 5.74) is 9.28. The molecule has 0 radical (unpaired) electrons.